The highest BCUT2D eigenvalue weighted by molar-refractivity contribution is 7.15. The summed E-state index contributed by atoms with van der Waals surface area (Å²) in [6, 6.07) is 5.84. The van der Waals surface area contributed by atoms with Gasteiger partial charge in [0.05, 0.1) is 33.3 Å². The third kappa shape index (κ3) is 2.94. The van der Waals surface area contributed by atoms with Crippen LogP contribution in [0.25, 0.3) is 21.7 Å². The zero-order valence-electron chi connectivity index (χ0n) is 14.2. The van der Waals surface area contributed by atoms with Gasteiger partial charge in [-0.2, -0.15) is 0 Å². The van der Waals surface area contributed by atoms with E-state index in [2.05, 4.69) is 10.1 Å². The Bertz CT molecular complexity index is 946. The first-order valence-electron chi connectivity index (χ1n) is 8.34. The standard InChI is InChI=1S/C18H19N3O3S/c1-10-5-6-15(25-10)14-8-13(16-11(2)20-24-17(16)19-14)18(23)21-7-3-4-12(22)9-21/h5-6,8,12,22H,3-4,7,9H2,1-2H3. The molecular weight excluding hydrogens is 338 g/mol. The van der Waals surface area contributed by atoms with Crippen molar-refractivity contribution >= 4 is 28.3 Å². The molecule has 1 saturated heterocycles. The van der Waals surface area contributed by atoms with Crippen LogP contribution in [0.3, 0.4) is 0 Å². The number of rotatable bonds is 2. The monoisotopic (exact) mass is 357 g/mol. The maximum atomic E-state index is 13.1. The molecule has 1 amide bonds. The molecule has 0 saturated carbocycles. The lowest BCUT2D eigenvalue weighted by molar-refractivity contribution is 0.0475. The summed E-state index contributed by atoms with van der Waals surface area (Å²) in [4.78, 5) is 21.5. The van der Waals surface area contributed by atoms with E-state index in [4.69, 9.17) is 4.52 Å². The maximum absolute atomic E-state index is 13.1. The first-order valence-corrected chi connectivity index (χ1v) is 9.16. The predicted molar refractivity (Wildman–Crippen MR) is 95.7 cm³/mol. The molecule has 1 unspecified atom stereocenters. The van der Waals surface area contributed by atoms with Gasteiger partial charge < -0.3 is 14.5 Å². The Morgan fingerprint density at radius 3 is 2.96 bits per heavy atom. The van der Waals surface area contributed by atoms with Gasteiger partial charge in [0.15, 0.2) is 0 Å². The van der Waals surface area contributed by atoms with Crippen LogP contribution in [0.4, 0.5) is 0 Å². The van der Waals surface area contributed by atoms with Crippen molar-refractivity contribution in [2.45, 2.75) is 32.8 Å². The second-order valence-electron chi connectivity index (χ2n) is 6.46. The maximum Gasteiger partial charge on any atom is 0.259 e. The Balaban J connectivity index is 1.83. The van der Waals surface area contributed by atoms with E-state index in [-0.39, 0.29) is 5.91 Å². The van der Waals surface area contributed by atoms with Gasteiger partial charge in [-0.15, -0.1) is 11.3 Å². The first kappa shape index (κ1) is 16.2. The second-order valence-corrected chi connectivity index (χ2v) is 7.75. The fourth-order valence-electron chi connectivity index (χ4n) is 3.27. The van der Waals surface area contributed by atoms with Crippen molar-refractivity contribution in [3.8, 4) is 10.6 Å². The number of thiophene rings is 1. The molecule has 1 aliphatic heterocycles. The molecule has 7 heteroatoms. The quantitative estimate of drug-likeness (QED) is 0.762. The highest BCUT2D eigenvalue weighted by atomic mass is 32.1. The highest BCUT2D eigenvalue weighted by Crippen LogP contribution is 2.31. The fraction of sp³-hybridized carbons (Fsp3) is 0.389. The van der Waals surface area contributed by atoms with E-state index < -0.39 is 6.10 Å². The molecular formula is C18H19N3O3S. The number of nitrogens with zero attached hydrogens (tertiary/aromatic N) is 3. The zero-order chi connectivity index (χ0) is 17.6. The Labute approximate surface area is 149 Å². The summed E-state index contributed by atoms with van der Waals surface area (Å²) in [5.74, 6) is -0.105. The number of aliphatic hydroxyl groups excluding tert-OH is 1. The van der Waals surface area contributed by atoms with Gasteiger partial charge in [0.1, 0.15) is 0 Å². The largest absolute Gasteiger partial charge is 0.391 e. The minimum Gasteiger partial charge on any atom is -0.391 e. The molecule has 0 radical (unpaired) electrons. The summed E-state index contributed by atoms with van der Waals surface area (Å²) in [6.45, 7) is 4.86. The topological polar surface area (TPSA) is 79.5 Å². The molecule has 25 heavy (non-hydrogen) atoms. The van der Waals surface area contributed by atoms with Gasteiger partial charge in [0, 0.05) is 18.0 Å². The average Bonchev–Trinajstić information content (AvgIpc) is 3.20. The number of pyridine rings is 1. The second kappa shape index (κ2) is 6.24. The van der Waals surface area contributed by atoms with E-state index in [0.29, 0.717) is 41.1 Å². The third-order valence-electron chi connectivity index (χ3n) is 4.52. The first-order chi connectivity index (χ1) is 12.0. The van der Waals surface area contributed by atoms with Crippen LogP contribution in [-0.4, -0.2) is 45.2 Å². The fourth-order valence-corrected chi connectivity index (χ4v) is 4.10. The molecule has 0 aliphatic carbocycles. The number of aromatic nitrogens is 2. The zero-order valence-corrected chi connectivity index (χ0v) is 15.0. The summed E-state index contributed by atoms with van der Waals surface area (Å²) in [6.07, 6.45) is 1.08. The van der Waals surface area contributed by atoms with Gasteiger partial charge in [-0.25, -0.2) is 4.98 Å². The summed E-state index contributed by atoms with van der Waals surface area (Å²) >= 11 is 1.62. The molecule has 0 aromatic carbocycles. The number of likely N-dealkylation sites (tertiary alicyclic amines) is 1. The van der Waals surface area contributed by atoms with E-state index in [9.17, 15) is 9.90 Å². The van der Waals surface area contributed by atoms with Crippen molar-refractivity contribution in [1.82, 2.24) is 15.0 Å². The van der Waals surface area contributed by atoms with Crippen molar-refractivity contribution in [3.05, 3.63) is 34.3 Å². The molecule has 3 aromatic rings. The minimum atomic E-state index is -0.460. The van der Waals surface area contributed by atoms with Crippen LogP contribution in [0.15, 0.2) is 22.7 Å². The van der Waals surface area contributed by atoms with Gasteiger partial charge in [-0.1, -0.05) is 5.16 Å². The summed E-state index contributed by atoms with van der Waals surface area (Å²) < 4.78 is 5.34. The molecule has 0 bridgehead atoms. The van der Waals surface area contributed by atoms with Crippen molar-refractivity contribution in [3.63, 3.8) is 0 Å². The van der Waals surface area contributed by atoms with Gasteiger partial charge in [-0.3, -0.25) is 4.79 Å². The molecule has 6 nitrogen and oxygen atoms in total. The molecule has 4 rings (SSSR count). The molecule has 1 aliphatic rings. The predicted octanol–water partition coefficient (Wildman–Crippen LogP) is 3.17. The molecule has 130 valence electrons. The van der Waals surface area contributed by atoms with Crippen LogP contribution in [0, 0.1) is 13.8 Å². The Morgan fingerprint density at radius 1 is 1.40 bits per heavy atom. The van der Waals surface area contributed by atoms with Crippen molar-refractivity contribution in [2.24, 2.45) is 0 Å². The minimum absolute atomic E-state index is 0.105. The number of amides is 1. The lowest BCUT2D eigenvalue weighted by atomic mass is 10.0. The van der Waals surface area contributed by atoms with Gasteiger partial charge in [0.25, 0.3) is 11.6 Å². The number of hydrogen-bond acceptors (Lipinski definition) is 6. The normalized spacial score (nSPS) is 18.0. The summed E-state index contributed by atoms with van der Waals surface area (Å²) in [5, 5.41) is 14.5. The number of piperidine rings is 1. The van der Waals surface area contributed by atoms with Crippen LogP contribution in [0.5, 0.6) is 0 Å². The van der Waals surface area contributed by atoms with E-state index in [1.807, 2.05) is 32.0 Å². The van der Waals surface area contributed by atoms with Crippen LogP contribution in [0.1, 0.15) is 33.8 Å². The molecule has 3 aromatic heterocycles. The molecule has 4 heterocycles. The van der Waals surface area contributed by atoms with Crippen molar-refractivity contribution in [2.75, 3.05) is 13.1 Å². The van der Waals surface area contributed by atoms with Gasteiger partial charge in [-0.05, 0) is 44.9 Å². The highest BCUT2D eigenvalue weighted by Gasteiger charge is 2.27. The van der Waals surface area contributed by atoms with Gasteiger partial charge in [0.2, 0.25) is 0 Å². The number of carbonyl (C=O) groups excluding carboxylic acids is 1. The molecule has 1 N–H and O–H groups in total. The Kier molecular flexibility index (Phi) is 4.05. The third-order valence-corrected chi connectivity index (χ3v) is 5.55. The summed E-state index contributed by atoms with van der Waals surface area (Å²) in [7, 11) is 0. The van der Waals surface area contributed by atoms with E-state index >= 15 is 0 Å². The van der Waals surface area contributed by atoms with Crippen LogP contribution < -0.4 is 0 Å². The van der Waals surface area contributed by atoms with Crippen LogP contribution in [-0.2, 0) is 0 Å². The Hall–Kier alpha value is -2.25. The number of hydrogen-bond donors (Lipinski definition) is 1. The molecule has 1 atom stereocenters. The van der Waals surface area contributed by atoms with Crippen LogP contribution >= 0.6 is 11.3 Å². The lowest BCUT2D eigenvalue weighted by Crippen LogP contribution is -2.42. The number of carbonyl (C=O) groups is 1. The smallest absolute Gasteiger partial charge is 0.259 e. The number of aryl methyl sites for hydroxylation is 2. The number of aliphatic hydroxyl groups is 1. The van der Waals surface area contributed by atoms with E-state index in [1.165, 1.54) is 4.88 Å². The average molecular weight is 357 g/mol. The number of β-amino-alcohol motifs (C(OH)–C–C–N with tert-alkyl or cyclic N) is 1. The Morgan fingerprint density at radius 2 is 2.24 bits per heavy atom. The lowest BCUT2D eigenvalue weighted by Gasteiger charge is -2.30. The molecule has 1 fully saturated rings. The summed E-state index contributed by atoms with van der Waals surface area (Å²) in [5.41, 5.74) is 2.28. The van der Waals surface area contributed by atoms with Crippen molar-refractivity contribution in [1.29, 1.82) is 0 Å². The van der Waals surface area contributed by atoms with E-state index in [1.54, 1.807) is 16.2 Å². The van der Waals surface area contributed by atoms with Crippen LogP contribution in [0.2, 0.25) is 0 Å². The van der Waals surface area contributed by atoms with E-state index in [0.717, 1.165) is 17.7 Å². The SMILES string of the molecule is Cc1ccc(-c2cc(C(=O)N3CCCC(O)C3)c3c(C)noc3n2)s1. The van der Waals surface area contributed by atoms with Crippen molar-refractivity contribution < 1.29 is 14.4 Å². The van der Waals surface area contributed by atoms with Gasteiger partial charge >= 0.3 is 0 Å². The molecule has 0 spiro atoms. The number of fused-ring (bicyclic) bond motifs is 1.